The molecule has 0 saturated carbocycles. The van der Waals surface area contributed by atoms with Gasteiger partial charge in [-0.3, -0.25) is 4.90 Å². The van der Waals surface area contributed by atoms with Crippen LogP contribution in [0.5, 0.6) is 0 Å². The molecule has 1 atom stereocenters. The molecule has 238 valence electrons. The van der Waals surface area contributed by atoms with E-state index in [-0.39, 0.29) is 49.1 Å². The third-order valence-corrected chi connectivity index (χ3v) is 8.42. The lowest BCUT2D eigenvalue weighted by molar-refractivity contribution is -0.137. The maximum atomic E-state index is 14.3. The van der Waals surface area contributed by atoms with Crippen LogP contribution >= 0.6 is 0 Å². The van der Waals surface area contributed by atoms with Gasteiger partial charge in [0, 0.05) is 39.3 Å². The average Bonchev–Trinajstić information content (AvgIpc) is 3.03. The molecule has 3 N–H and O–H groups in total. The highest BCUT2D eigenvalue weighted by Crippen LogP contribution is 2.36. The number of likely N-dealkylation sites (tertiary alicyclic amines) is 1. The topological polar surface area (TPSA) is 147 Å². The minimum absolute atomic E-state index is 0.00329. The molecule has 3 aliphatic rings. The number of piperidine rings is 1. The summed E-state index contributed by atoms with van der Waals surface area (Å²) in [5.41, 5.74) is 0.0188. The molecule has 2 fully saturated rings. The van der Waals surface area contributed by atoms with E-state index in [2.05, 4.69) is 26.5 Å². The van der Waals surface area contributed by atoms with E-state index in [1.165, 1.54) is 7.11 Å². The van der Waals surface area contributed by atoms with Crippen LogP contribution in [0.3, 0.4) is 0 Å². The first-order chi connectivity index (χ1) is 21.6. The fourth-order valence-corrected chi connectivity index (χ4v) is 6.20. The lowest BCUT2D eigenvalue weighted by atomic mass is 9.89. The van der Waals surface area contributed by atoms with Gasteiger partial charge in [-0.15, -0.1) is 0 Å². The standard InChI is InChI=1S/C31H34F2N6O6/c1-44-15-24-26(28(40)45-2)27(19-7-8-22(32)23(33)13-19)39(30(42)36-24)29(41)35-16-31(43)17-38(18-31)21-9-11-37(12-10-21)25-6-4-3-5-20(25)14-34/h3-8,13,21,27,43H,9-12,15-18H2,1-2H3,(H,35,41)(H,36,42)/t27-/m0/s1. The zero-order chi connectivity index (χ0) is 32.3. The number of imide groups is 1. The highest BCUT2D eigenvalue weighted by atomic mass is 19.2. The molecule has 5 rings (SSSR count). The second-order valence-corrected chi connectivity index (χ2v) is 11.3. The third-order valence-electron chi connectivity index (χ3n) is 8.42. The van der Waals surface area contributed by atoms with Gasteiger partial charge in [0.05, 0.1) is 42.8 Å². The summed E-state index contributed by atoms with van der Waals surface area (Å²) in [6.45, 7) is 1.66. The molecule has 2 aromatic rings. The van der Waals surface area contributed by atoms with Gasteiger partial charge in [-0.2, -0.15) is 5.26 Å². The monoisotopic (exact) mass is 624 g/mol. The van der Waals surface area contributed by atoms with Crippen molar-refractivity contribution >= 4 is 23.7 Å². The molecule has 0 aliphatic carbocycles. The Morgan fingerprint density at radius 2 is 1.84 bits per heavy atom. The number of carbonyl (C=O) groups is 3. The fourth-order valence-electron chi connectivity index (χ4n) is 6.20. The van der Waals surface area contributed by atoms with Gasteiger partial charge in [0.25, 0.3) is 0 Å². The normalized spacial score (nSPS) is 20.3. The highest BCUT2D eigenvalue weighted by molar-refractivity contribution is 6.01. The smallest absolute Gasteiger partial charge is 0.338 e. The number of nitrogens with one attached hydrogen (secondary N) is 2. The molecule has 14 heteroatoms. The number of hydrogen-bond acceptors (Lipinski definition) is 9. The Hall–Kier alpha value is -4.58. The van der Waals surface area contributed by atoms with Crippen LogP contribution in [0.4, 0.5) is 24.1 Å². The van der Waals surface area contributed by atoms with Gasteiger partial charge in [-0.1, -0.05) is 18.2 Å². The van der Waals surface area contributed by atoms with Crippen LogP contribution in [0.2, 0.25) is 0 Å². The van der Waals surface area contributed by atoms with Crippen LogP contribution in [-0.2, 0) is 14.3 Å². The predicted molar refractivity (Wildman–Crippen MR) is 157 cm³/mol. The van der Waals surface area contributed by atoms with E-state index in [4.69, 9.17) is 9.47 Å². The largest absolute Gasteiger partial charge is 0.466 e. The number of methoxy groups -OCH3 is 2. The number of para-hydroxylation sites is 1. The second kappa shape index (κ2) is 13.2. The van der Waals surface area contributed by atoms with Gasteiger partial charge in [0.2, 0.25) is 0 Å². The first kappa shape index (κ1) is 31.8. The minimum Gasteiger partial charge on any atom is -0.466 e. The molecule has 2 aromatic carbocycles. The van der Waals surface area contributed by atoms with E-state index in [0.717, 1.165) is 56.9 Å². The van der Waals surface area contributed by atoms with Gasteiger partial charge < -0.3 is 30.1 Å². The van der Waals surface area contributed by atoms with Gasteiger partial charge >= 0.3 is 18.0 Å². The first-order valence-corrected chi connectivity index (χ1v) is 14.4. The molecule has 0 aromatic heterocycles. The van der Waals surface area contributed by atoms with E-state index >= 15 is 0 Å². The van der Waals surface area contributed by atoms with Gasteiger partial charge in [0.1, 0.15) is 17.7 Å². The number of halogens is 2. The summed E-state index contributed by atoms with van der Waals surface area (Å²) in [4.78, 5) is 44.6. The molecule has 0 spiro atoms. The summed E-state index contributed by atoms with van der Waals surface area (Å²) in [7, 11) is 2.44. The number of aliphatic hydroxyl groups is 1. The molecule has 2 saturated heterocycles. The Bertz CT molecular complexity index is 1550. The quantitative estimate of drug-likeness (QED) is 0.377. The Labute approximate surface area is 258 Å². The molecular formula is C31H34F2N6O6. The van der Waals surface area contributed by atoms with Crippen molar-refractivity contribution in [3.05, 3.63) is 76.5 Å². The fraction of sp³-hybridized carbons (Fsp3) is 0.419. The Morgan fingerprint density at radius 3 is 2.49 bits per heavy atom. The zero-order valence-electron chi connectivity index (χ0n) is 24.9. The van der Waals surface area contributed by atoms with Crippen molar-refractivity contribution < 1.29 is 37.7 Å². The number of carbonyl (C=O) groups excluding carboxylic acids is 3. The van der Waals surface area contributed by atoms with Crippen LogP contribution in [0, 0.1) is 23.0 Å². The SMILES string of the molecule is COCC1=C(C(=O)OC)[C@H](c2ccc(F)c(F)c2)N(C(=O)NCC2(O)CN(C3CCN(c4ccccc4C#N)CC3)C2)C(=O)N1. The van der Waals surface area contributed by atoms with Crippen molar-refractivity contribution in [3.8, 4) is 6.07 Å². The number of amides is 4. The average molecular weight is 625 g/mol. The van der Waals surface area contributed by atoms with Crippen molar-refractivity contribution in [3.63, 3.8) is 0 Å². The van der Waals surface area contributed by atoms with E-state index in [0.29, 0.717) is 10.5 Å². The van der Waals surface area contributed by atoms with Crippen LogP contribution in [-0.4, -0.2) is 98.1 Å². The molecule has 0 bridgehead atoms. The number of benzene rings is 2. The number of rotatable bonds is 8. The summed E-state index contributed by atoms with van der Waals surface area (Å²) in [5, 5.41) is 25.6. The van der Waals surface area contributed by atoms with Crippen molar-refractivity contribution in [2.24, 2.45) is 0 Å². The summed E-state index contributed by atoms with van der Waals surface area (Å²) in [6.07, 6.45) is 1.66. The number of esters is 1. The minimum atomic E-state index is -1.48. The van der Waals surface area contributed by atoms with Crippen LogP contribution < -0.4 is 15.5 Å². The molecule has 3 heterocycles. The van der Waals surface area contributed by atoms with E-state index < -0.39 is 41.3 Å². The molecule has 4 amide bonds. The number of nitrogens with zero attached hydrogens (tertiary/aromatic N) is 4. The number of nitriles is 1. The Balaban J connectivity index is 1.25. The number of anilines is 1. The maximum absolute atomic E-state index is 14.3. The van der Waals surface area contributed by atoms with Crippen LogP contribution in [0.1, 0.15) is 30.0 Å². The summed E-state index contributed by atoms with van der Waals surface area (Å²) < 4.78 is 38.1. The first-order valence-electron chi connectivity index (χ1n) is 14.4. The summed E-state index contributed by atoms with van der Waals surface area (Å²) >= 11 is 0. The van der Waals surface area contributed by atoms with E-state index in [9.17, 15) is 33.5 Å². The number of ether oxygens (including phenoxy) is 2. The second-order valence-electron chi connectivity index (χ2n) is 11.3. The molecule has 3 aliphatic heterocycles. The lowest BCUT2D eigenvalue weighted by Gasteiger charge is -2.52. The zero-order valence-corrected chi connectivity index (χ0v) is 24.9. The number of hydrogen-bond donors (Lipinski definition) is 3. The highest BCUT2D eigenvalue weighted by Gasteiger charge is 2.47. The van der Waals surface area contributed by atoms with E-state index in [1.54, 1.807) is 6.07 Å². The van der Waals surface area contributed by atoms with Gasteiger partial charge in [0.15, 0.2) is 11.6 Å². The van der Waals surface area contributed by atoms with Crippen molar-refractivity contribution in [1.29, 1.82) is 5.26 Å². The molecule has 0 radical (unpaired) electrons. The molecule has 12 nitrogen and oxygen atoms in total. The maximum Gasteiger partial charge on any atom is 0.338 e. The summed E-state index contributed by atoms with van der Waals surface area (Å²) in [6, 6.07) is 9.34. The van der Waals surface area contributed by atoms with Gasteiger partial charge in [-0.05, 0) is 42.7 Å². The van der Waals surface area contributed by atoms with Crippen LogP contribution in [0.25, 0.3) is 0 Å². The summed E-state index contributed by atoms with van der Waals surface area (Å²) in [5.74, 6) is -3.30. The van der Waals surface area contributed by atoms with Crippen LogP contribution in [0.15, 0.2) is 53.7 Å². The lowest BCUT2D eigenvalue weighted by Crippen LogP contribution is -2.70. The van der Waals surface area contributed by atoms with E-state index in [1.807, 2.05) is 18.2 Å². The van der Waals surface area contributed by atoms with Crippen molar-refractivity contribution in [2.45, 2.75) is 30.5 Å². The number of β-amino-alcohol motifs (C(OH)–C–C–N with tert-alkyl or cyclic N) is 1. The third kappa shape index (κ3) is 6.46. The van der Waals surface area contributed by atoms with Gasteiger partial charge in [-0.25, -0.2) is 28.1 Å². The predicted octanol–water partition coefficient (Wildman–Crippen LogP) is 2.40. The Morgan fingerprint density at radius 1 is 1.13 bits per heavy atom. The Kier molecular flexibility index (Phi) is 9.33. The number of urea groups is 2. The van der Waals surface area contributed by atoms with Crippen molar-refractivity contribution in [1.82, 2.24) is 20.4 Å². The molecule has 45 heavy (non-hydrogen) atoms. The molecular weight excluding hydrogens is 590 g/mol. The molecule has 0 unspecified atom stereocenters. The van der Waals surface area contributed by atoms with Crippen molar-refractivity contribution in [2.75, 3.05) is 58.5 Å².